The van der Waals surface area contributed by atoms with Crippen LogP contribution < -0.4 is 0 Å². The van der Waals surface area contributed by atoms with Gasteiger partial charge in [0.1, 0.15) is 5.82 Å². The average molecular weight is 714 g/mol. The van der Waals surface area contributed by atoms with Crippen molar-refractivity contribution in [2.24, 2.45) is 0 Å². The lowest BCUT2D eigenvalue weighted by Crippen LogP contribution is -1.98. The van der Waals surface area contributed by atoms with E-state index in [-0.39, 0.29) is 0 Å². The van der Waals surface area contributed by atoms with Gasteiger partial charge in [-0.3, -0.25) is 4.57 Å². The molecule has 0 aliphatic heterocycles. The van der Waals surface area contributed by atoms with E-state index in [1.807, 2.05) is 6.07 Å². The zero-order chi connectivity index (χ0) is 37.0. The quantitative estimate of drug-likeness (QED) is 0.168. The molecule has 56 heavy (non-hydrogen) atoms. The number of pyridine rings is 1. The summed E-state index contributed by atoms with van der Waals surface area (Å²) in [5.74, 6) is 0.908. The fourth-order valence-electron chi connectivity index (χ4n) is 8.57. The van der Waals surface area contributed by atoms with Crippen LogP contribution in [-0.4, -0.2) is 14.1 Å². The van der Waals surface area contributed by atoms with Crippen molar-refractivity contribution < 1.29 is 0 Å². The number of fused-ring (bicyclic) bond motifs is 6. The monoisotopic (exact) mass is 713 g/mol. The largest absolute Gasteiger partial charge is 0.309 e. The van der Waals surface area contributed by atoms with Gasteiger partial charge in [-0.15, -0.1) is 0 Å². The van der Waals surface area contributed by atoms with Crippen LogP contribution >= 0.6 is 0 Å². The summed E-state index contributed by atoms with van der Waals surface area (Å²) >= 11 is 0. The number of rotatable bonds is 6. The number of aromatic nitrogens is 3. The van der Waals surface area contributed by atoms with Crippen molar-refractivity contribution in [2.75, 3.05) is 0 Å². The molecular formula is C53H35N3. The van der Waals surface area contributed by atoms with Gasteiger partial charge in [0.25, 0.3) is 0 Å². The van der Waals surface area contributed by atoms with E-state index in [2.05, 4.69) is 215 Å². The summed E-state index contributed by atoms with van der Waals surface area (Å²) in [5.41, 5.74) is 15.1. The Kier molecular flexibility index (Phi) is 7.49. The molecule has 3 nitrogen and oxygen atoms in total. The number of hydrogen-bond acceptors (Lipinski definition) is 1. The fourth-order valence-corrected chi connectivity index (χ4v) is 8.57. The van der Waals surface area contributed by atoms with E-state index < -0.39 is 0 Å². The van der Waals surface area contributed by atoms with Gasteiger partial charge < -0.3 is 4.57 Å². The van der Waals surface area contributed by atoms with Crippen LogP contribution in [0.1, 0.15) is 0 Å². The van der Waals surface area contributed by atoms with Gasteiger partial charge in [0.2, 0.25) is 0 Å². The van der Waals surface area contributed by atoms with Gasteiger partial charge >= 0.3 is 0 Å². The van der Waals surface area contributed by atoms with Gasteiger partial charge in [-0.25, -0.2) is 4.98 Å². The smallest absolute Gasteiger partial charge is 0.138 e. The highest BCUT2D eigenvalue weighted by atomic mass is 15.1. The summed E-state index contributed by atoms with van der Waals surface area (Å²) < 4.78 is 4.66. The lowest BCUT2D eigenvalue weighted by Gasteiger charge is -2.13. The van der Waals surface area contributed by atoms with Crippen molar-refractivity contribution in [1.82, 2.24) is 14.1 Å². The highest BCUT2D eigenvalue weighted by Gasteiger charge is 2.17. The molecule has 3 heteroatoms. The zero-order valence-electron chi connectivity index (χ0n) is 30.5. The van der Waals surface area contributed by atoms with Crippen LogP contribution in [0, 0.1) is 0 Å². The predicted octanol–water partition coefficient (Wildman–Crippen LogP) is 13.9. The lowest BCUT2D eigenvalue weighted by atomic mass is 9.92. The van der Waals surface area contributed by atoms with Crippen molar-refractivity contribution >= 4 is 43.6 Å². The van der Waals surface area contributed by atoms with Crippen molar-refractivity contribution in [3.05, 3.63) is 212 Å². The van der Waals surface area contributed by atoms with E-state index in [1.54, 1.807) is 0 Å². The van der Waals surface area contributed by atoms with Crippen molar-refractivity contribution in [2.45, 2.75) is 0 Å². The van der Waals surface area contributed by atoms with Crippen LogP contribution in [-0.2, 0) is 0 Å². The molecule has 0 fully saturated rings. The Hall–Kier alpha value is -7.49. The second kappa shape index (κ2) is 13.1. The van der Waals surface area contributed by atoms with Crippen molar-refractivity contribution in [1.29, 1.82) is 0 Å². The SMILES string of the molecule is c1ccc(-c2cccc(-n3c4ccccc4c4cc(-c5ccccc5-c5cccc(-c6ccc7c(c6)c6ccccc6n7-c6ccccc6)c5)ccc43)n2)cc1. The Balaban J connectivity index is 1.01. The molecule has 262 valence electrons. The van der Waals surface area contributed by atoms with Gasteiger partial charge in [-0.05, 0) is 100 Å². The molecule has 0 bridgehead atoms. The fraction of sp³-hybridized carbons (Fsp3) is 0. The minimum atomic E-state index is 0.908. The van der Waals surface area contributed by atoms with Gasteiger partial charge in [0.15, 0.2) is 0 Å². The Bertz CT molecular complexity index is 3240. The average Bonchev–Trinajstić information content (AvgIpc) is 3.79. The predicted molar refractivity (Wildman–Crippen MR) is 235 cm³/mol. The Morgan fingerprint density at radius 2 is 0.768 bits per heavy atom. The van der Waals surface area contributed by atoms with Crippen LogP contribution in [0.15, 0.2) is 212 Å². The highest BCUT2D eigenvalue weighted by molar-refractivity contribution is 6.12. The summed E-state index contributed by atoms with van der Waals surface area (Å²) in [5, 5.41) is 4.92. The molecule has 0 spiro atoms. The standard InChI is InChI=1S/C53H35N3/c1-3-15-36(16-4-1)48-25-14-28-53(54-48)56-50-27-12-10-24-45(50)47-35-40(30-32-52(47)56)43-22-8-7-21-42(43)39-18-13-17-37(33-39)38-29-31-51-46(34-38)44-23-9-11-26-49(44)55(51)41-19-5-2-6-20-41/h1-35H. The first-order chi connectivity index (χ1) is 27.8. The molecule has 3 aromatic heterocycles. The van der Waals surface area contributed by atoms with Crippen LogP contribution in [0.3, 0.4) is 0 Å². The van der Waals surface area contributed by atoms with E-state index in [0.29, 0.717) is 0 Å². The molecule has 0 aliphatic carbocycles. The second-order valence-electron chi connectivity index (χ2n) is 14.4. The molecule has 0 amide bonds. The molecule has 0 unspecified atom stereocenters. The first-order valence-corrected chi connectivity index (χ1v) is 19.1. The molecule has 0 aliphatic rings. The Labute approximate surface area is 325 Å². The third kappa shape index (κ3) is 5.25. The molecule has 3 heterocycles. The minimum Gasteiger partial charge on any atom is -0.309 e. The van der Waals surface area contributed by atoms with Crippen LogP contribution in [0.4, 0.5) is 0 Å². The maximum Gasteiger partial charge on any atom is 0.138 e. The first kappa shape index (κ1) is 32.0. The number of nitrogens with zero attached hydrogens (tertiary/aromatic N) is 3. The summed E-state index contributed by atoms with van der Waals surface area (Å²) in [6.07, 6.45) is 0. The molecule has 0 saturated carbocycles. The summed E-state index contributed by atoms with van der Waals surface area (Å²) in [4.78, 5) is 5.16. The summed E-state index contributed by atoms with van der Waals surface area (Å²) in [6.45, 7) is 0. The maximum absolute atomic E-state index is 5.16. The molecule has 11 rings (SSSR count). The lowest BCUT2D eigenvalue weighted by molar-refractivity contribution is 1.08. The second-order valence-corrected chi connectivity index (χ2v) is 14.4. The topological polar surface area (TPSA) is 22.8 Å². The van der Waals surface area contributed by atoms with Crippen LogP contribution in [0.2, 0.25) is 0 Å². The van der Waals surface area contributed by atoms with Gasteiger partial charge in [0, 0.05) is 32.8 Å². The van der Waals surface area contributed by atoms with Gasteiger partial charge in [-0.2, -0.15) is 0 Å². The summed E-state index contributed by atoms with van der Waals surface area (Å²) in [6, 6.07) is 76.2. The first-order valence-electron chi connectivity index (χ1n) is 19.1. The molecule has 8 aromatic carbocycles. The third-order valence-corrected chi connectivity index (χ3v) is 11.1. The van der Waals surface area contributed by atoms with E-state index >= 15 is 0 Å². The van der Waals surface area contributed by atoms with Gasteiger partial charge in [0.05, 0.1) is 27.8 Å². The number of benzene rings is 8. The van der Waals surface area contributed by atoms with E-state index in [9.17, 15) is 0 Å². The Morgan fingerprint density at radius 1 is 0.286 bits per heavy atom. The van der Waals surface area contributed by atoms with Crippen molar-refractivity contribution in [3.8, 4) is 56.1 Å². The van der Waals surface area contributed by atoms with Gasteiger partial charge in [-0.1, -0.05) is 146 Å². The zero-order valence-corrected chi connectivity index (χ0v) is 30.5. The number of para-hydroxylation sites is 3. The van der Waals surface area contributed by atoms with Crippen LogP contribution in [0.25, 0.3) is 99.8 Å². The highest BCUT2D eigenvalue weighted by Crippen LogP contribution is 2.40. The van der Waals surface area contributed by atoms with Crippen LogP contribution in [0.5, 0.6) is 0 Å². The van der Waals surface area contributed by atoms with E-state index in [0.717, 1.165) is 28.1 Å². The molecule has 0 N–H and O–H groups in total. The molecule has 11 aromatic rings. The summed E-state index contributed by atoms with van der Waals surface area (Å²) in [7, 11) is 0. The minimum absolute atomic E-state index is 0.908. The maximum atomic E-state index is 5.16. The molecular weight excluding hydrogens is 679 g/mol. The third-order valence-electron chi connectivity index (χ3n) is 11.1. The van der Waals surface area contributed by atoms with E-state index in [4.69, 9.17) is 4.98 Å². The Morgan fingerprint density at radius 3 is 1.50 bits per heavy atom. The molecule has 0 atom stereocenters. The number of hydrogen-bond donors (Lipinski definition) is 0. The molecule has 0 radical (unpaired) electrons. The normalized spacial score (nSPS) is 11.6. The van der Waals surface area contributed by atoms with E-state index in [1.165, 1.54) is 71.6 Å². The molecule has 0 saturated heterocycles. The van der Waals surface area contributed by atoms with Crippen molar-refractivity contribution in [3.63, 3.8) is 0 Å².